The third-order valence-corrected chi connectivity index (χ3v) is 1.72. The molecular formula is C11H8N2. The van der Waals surface area contributed by atoms with Gasteiger partial charge in [-0.1, -0.05) is 12.1 Å². The molecule has 0 N–H and O–H groups in total. The average Bonchev–Trinajstić information content (AvgIpc) is 2.19. The highest BCUT2D eigenvalue weighted by Crippen LogP contribution is 2.12. The largest absolute Gasteiger partial charge is 0.261 e. The Bertz CT molecular complexity index is 396. The minimum absolute atomic E-state index is 0.836. The SMILES string of the molecule is Cc1cc#cc(-c2cnccn2)c1. The monoisotopic (exact) mass is 168 g/mol. The van der Waals surface area contributed by atoms with Crippen molar-refractivity contribution in [3.05, 3.63) is 48.4 Å². The molecule has 2 nitrogen and oxygen atoms in total. The van der Waals surface area contributed by atoms with Crippen LogP contribution < -0.4 is 0 Å². The van der Waals surface area contributed by atoms with Crippen molar-refractivity contribution in [2.24, 2.45) is 0 Å². The van der Waals surface area contributed by atoms with Gasteiger partial charge in [-0.05, 0) is 24.6 Å². The summed E-state index contributed by atoms with van der Waals surface area (Å²) in [5.74, 6) is 0. The zero-order valence-corrected chi connectivity index (χ0v) is 7.28. The summed E-state index contributed by atoms with van der Waals surface area (Å²) < 4.78 is 0. The maximum Gasteiger partial charge on any atom is 0.0969 e. The van der Waals surface area contributed by atoms with Crippen LogP contribution in [0.1, 0.15) is 5.56 Å². The van der Waals surface area contributed by atoms with E-state index in [9.17, 15) is 0 Å². The molecular weight excluding hydrogens is 160 g/mol. The van der Waals surface area contributed by atoms with Crippen LogP contribution in [0.15, 0.2) is 30.7 Å². The van der Waals surface area contributed by atoms with Gasteiger partial charge >= 0.3 is 0 Å². The second-order valence-electron chi connectivity index (χ2n) is 2.81. The molecule has 62 valence electrons. The fraction of sp³-hybridized carbons (Fsp3) is 0.0909. The maximum absolute atomic E-state index is 4.18. The van der Waals surface area contributed by atoms with Gasteiger partial charge in [0.1, 0.15) is 0 Å². The smallest absolute Gasteiger partial charge is 0.0969 e. The van der Waals surface area contributed by atoms with Crippen molar-refractivity contribution >= 4 is 0 Å². The van der Waals surface area contributed by atoms with Gasteiger partial charge in [-0.3, -0.25) is 9.97 Å². The first-order valence-corrected chi connectivity index (χ1v) is 4.02. The van der Waals surface area contributed by atoms with Crippen LogP contribution in [-0.4, -0.2) is 9.97 Å². The number of hydrogen-bond donors (Lipinski definition) is 0. The first-order chi connectivity index (χ1) is 6.36. The van der Waals surface area contributed by atoms with Gasteiger partial charge in [0, 0.05) is 12.4 Å². The van der Waals surface area contributed by atoms with Crippen molar-refractivity contribution in [2.75, 3.05) is 0 Å². The van der Waals surface area contributed by atoms with Crippen LogP contribution in [0.4, 0.5) is 0 Å². The Morgan fingerprint density at radius 2 is 2.23 bits per heavy atom. The summed E-state index contributed by atoms with van der Waals surface area (Å²) in [6.07, 6.45) is 5.05. The number of aryl methyl sites for hydroxylation is 1. The summed E-state index contributed by atoms with van der Waals surface area (Å²) >= 11 is 0. The summed E-state index contributed by atoms with van der Waals surface area (Å²) in [5, 5.41) is 0. The predicted molar refractivity (Wildman–Crippen MR) is 49.9 cm³/mol. The lowest BCUT2D eigenvalue weighted by Crippen LogP contribution is -1.83. The maximum atomic E-state index is 4.18. The standard InChI is InChI=1S/C11H8N2/c1-9-3-2-4-10(7-9)11-8-12-5-6-13-11/h3,5-8H,1H3. The fourth-order valence-corrected chi connectivity index (χ4v) is 1.11. The summed E-state index contributed by atoms with van der Waals surface area (Å²) in [6, 6.07) is 9.84. The molecule has 13 heavy (non-hydrogen) atoms. The van der Waals surface area contributed by atoms with Crippen LogP contribution in [0.25, 0.3) is 11.3 Å². The van der Waals surface area contributed by atoms with E-state index in [1.54, 1.807) is 18.6 Å². The van der Waals surface area contributed by atoms with Crippen LogP contribution in [0.3, 0.4) is 0 Å². The van der Waals surface area contributed by atoms with Crippen molar-refractivity contribution in [3.8, 4) is 11.3 Å². The van der Waals surface area contributed by atoms with Crippen LogP contribution in [-0.2, 0) is 0 Å². The molecule has 0 saturated heterocycles. The topological polar surface area (TPSA) is 25.8 Å². The lowest BCUT2D eigenvalue weighted by Gasteiger charge is -1.95. The Labute approximate surface area is 77.3 Å². The van der Waals surface area contributed by atoms with Gasteiger partial charge in [0.2, 0.25) is 0 Å². The Morgan fingerprint density at radius 3 is 2.92 bits per heavy atom. The molecule has 2 rings (SSSR count). The first kappa shape index (κ1) is 7.75. The Kier molecular flexibility index (Phi) is 1.93. The van der Waals surface area contributed by atoms with Gasteiger partial charge in [-0.2, -0.15) is 0 Å². The second kappa shape index (κ2) is 3.24. The molecule has 2 aromatic rings. The normalized spacial score (nSPS) is 9.31. The number of rotatable bonds is 1. The van der Waals surface area contributed by atoms with Crippen LogP contribution in [0, 0.1) is 19.1 Å². The molecule has 0 radical (unpaired) electrons. The zero-order valence-electron chi connectivity index (χ0n) is 7.28. The summed E-state index contributed by atoms with van der Waals surface area (Å²) in [6.45, 7) is 2.02. The Balaban J connectivity index is 2.48. The third kappa shape index (κ3) is 1.65. The quantitative estimate of drug-likeness (QED) is 0.651. The number of aromatic nitrogens is 2. The van der Waals surface area contributed by atoms with E-state index in [0.717, 1.165) is 16.8 Å². The molecule has 0 aliphatic heterocycles. The predicted octanol–water partition coefficient (Wildman–Crippen LogP) is 2.05. The Hall–Kier alpha value is -1.88. The second-order valence-corrected chi connectivity index (χ2v) is 2.81. The third-order valence-electron chi connectivity index (χ3n) is 1.72. The molecule has 0 unspecified atom stereocenters. The van der Waals surface area contributed by atoms with E-state index in [4.69, 9.17) is 0 Å². The van der Waals surface area contributed by atoms with Crippen LogP contribution >= 0.6 is 0 Å². The molecule has 1 aromatic carbocycles. The summed E-state index contributed by atoms with van der Waals surface area (Å²) in [5.41, 5.74) is 2.93. The van der Waals surface area contributed by atoms with Crippen molar-refractivity contribution in [1.82, 2.24) is 9.97 Å². The van der Waals surface area contributed by atoms with Gasteiger partial charge in [0.05, 0.1) is 17.5 Å². The Morgan fingerprint density at radius 1 is 1.31 bits per heavy atom. The van der Waals surface area contributed by atoms with Crippen molar-refractivity contribution in [2.45, 2.75) is 6.92 Å². The molecule has 0 bridgehead atoms. The van der Waals surface area contributed by atoms with Crippen LogP contribution in [0.2, 0.25) is 0 Å². The number of hydrogen-bond acceptors (Lipinski definition) is 2. The van der Waals surface area contributed by atoms with Gasteiger partial charge in [0.15, 0.2) is 0 Å². The van der Waals surface area contributed by atoms with Gasteiger partial charge < -0.3 is 0 Å². The lowest BCUT2D eigenvalue weighted by molar-refractivity contribution is 1.20. The van der Waals surface area contributed by atoms with E-state index < -0.39 is 0 Å². The summed E-state index contributed by atoms with van der Waals surface area (Å²) in [4.78, 5) is 8.17. The highest BCUT2D eigenvalue weighted by atomic mass is 14.8. The van der Waals surface area contributed by atoms with Gasteiger partial charge in [0.25, 0.3) is 0 Å². The van der Waals surface area contributed by atoms with Gasteiger partial charge in [-0.25, -0.2) is 0 Å². The zero-order chi connectivity index (χ0) is 9.10. The van der Waals surface area contributed by atoms with Crippen molar-refractivity contribution in [3.63, 3.8) is 0 Å². The number of nitrogens with zero attached hydrogens (tertiary/aromatic N) is 2. The highest BCUT2D eigenvalue weighted by molar-refractivity contribution is 5.56. The van der Waals surface area contributed by atoms with E-state index in [-0.39, 0.29) is 0 Å². The average molecular weight is 168 g/mol. The van der Waals surface area contributed by atoms with Gasteiger partial charge in [-0.15, -0.1) is 0 Å². The first-order valence-electron chi connectivity index (χ1n) is 4.02. The van der Waals surface area contributed by atoms with E-state index in [1.807, 2.05) is 19.1 Å². The van der Waals surface area contributed by atoms with E-state index >= 15 is 0 Å². The minimum Gasteiger partial charge on any atom is -0.261 e. The molecule has 2 heteroatoms. The van der Waals surface area contributed by atoms with E-state index in [0.29, 0.717) is 0 Å². The molecule has 0 aliphatic carbocycles. The lowest BCUT2D eigenvalue weighted by atomic mass is 10.1. The highest BCUT2D eigenvalue weighted by Gasteiger charge is 1.96. The van der Waals surface area contributed by atoms with Crippen LogP contribution in [0.5, 0.6) is 0 Å². The summed E-state index contributed by atoms with van der Waals surface area (Å²) in [7, 11) is 0. The molecule has 0 fully saturated rings. The molecule has 1 aromatic heterocycles. The fourth-order valence-electron chi connectivity index (χ4n) is 1.11. The van der Waals surface area contributed by atoms with Crippen molar-refractivity contribution in [1.29, 1.82) is 0 Å². The molecule has 0 spiro atoms. The minimum atomic E-state index is 0.836. The molecule has 0 saturated carbocycles. The molecule has 0 amide bonds. The molecule has 0 atom stereocenters. The molecule has 1 heterocycles. The molecule has 0 aliphatic rings. The van der Waals surface area contributed by atoms with Crippen molar-refractivity contribution < 1.29 is 0 Å². The van der Waals surface area contributed by atoms with E-state index in [2.05, 4.69) is 22.1 Å². The van der Waals surface area contributed by atoms with E-state index in [1.165, 1.54) is 0 Å².